The zero-order valence-electron chi connectivity index (χ0n) is 11.0. The van der Waals surface area contributed by atoms with Gasteiger partial charge in [-0.2, -0.15) is 5.10 Å². The van der Waals surface area contributed by atoms with E-state index in [1.807, 2.05) is 13.0 Å². The highest BCUT2D eigenvalue weighted by Crippen LogP contribution is 2.20. The molecule has 0 amide bonds. The van der Waals surface area contributed by atoms with Gasteiger partial charge in [0.15, 0.2) is 5.82 Å². The molecule has 0 spiro atoms. The minimum atomic E-state index is -3.34. The number of nitrogens with zero attached hydrogens (tertiary/aromatic N) is 2. The Morgan fingerprint density at radius 1 is 1.32 bits per heavy atom. The van der Waals surface area contributed by atoms with Gasteiger partial charge in [0.2, 0.25) is 10.0 Å². The van der Waals surface area contributed by atoms with Crippen molar-refractivity contribution in [3.63, 3.8) is 0 Å². The number of hydrogen-bond acceptors (Lipinski definition) is 4. The summed E-state index contributed by atoms with van der Waals surface area (Å²) >= 11 is 0. The molecule has 0 saturated carbocycles. The highest BCUT2D eigenvalue weighted by Gasteiger charge is 2.16. The van der Waals surface area contributed by atoms with Crippen LogP contribution in [0.2, 0.25) is 0 Å². The number of rotatable bonds is 4. The van der Waals surface area contributed by atoms with E-state index in [0.29, 0.717) is 17.3 Å². The van der Waals surface area contributed by atoms with Crippen LogP contribution in [0.25, 0.3) is 11.4 Å². The number of aromatic nitrogens is 3. The van der Waals surface area contributed by atoms with Crippen molar-refractivity contribution < 1.29 is 8.42 Å². The Kier molecular flexibility index (Phi) is 3.57. The van der Waals surface area contributed by atoms with Gasteiger partial charge in [-0.05, 0) is 32.9 Å². The standard InChI is InChI=1S/C12H16N4O2S/c1-8(2)19(17,18)16-11-6-4-5-10(7-11)12-13-9(3)14-15-12/h4-8,16H,1-3H3,(H,13,14,15). The minimum Gasteiger partial charge on any atom is -0.283 e. The normalized spacial score (nSPS) is 11.8. The summed E-state index contributed by atoms with van der Waals surface area (Å²) in [4.78, 5) is 4.21. The molecule has 2 N–H and O–H groups in total. The first kappa shape index (κ1) is 13.5. The number of aromatic amines is 1. The zero-order valence-corrected chi connectivity index (χ0v) is 11.8. The van der Waals surface area contributed by atoms with Crippen molar-refractivity contribution in [2.24, 2.45) is 0 Å². The molecule has 0 radical (unpaired) electrons. The lowest BCUT2D eigenvalue weighted by atomic mass is 10.2. The van der Waals surface area contributed by atoms with E-state index in [9.17, 15) is 8.42 Å². The van der Waals surface area contributed by atoms with Crippen molar-refractivity contribution in [2.45, 2.75) is 26.0 Å². The molecule has 1 heterocycles. The molecule has 2 rings (SSSR count). The third-order valence-corrected chi connectivity index (χ3v) is 4.36. The van der Waals surface area contributed by atoms with Crippen LogP contribution in [0, 0.1) is 6.92 Å². The van der Waals surface area contributed by atoms with Crippen LogP contribution in [0.1, 0.15) is 19.7 Å². The maximum atomic E-state index is 11.8. The number of nitrogens with one attached hydrogen (secondary N) is 2. The molecule has 7 heteroatoms. The lowest BCUT2D eigenvalue weighted by Gasteiger charge is -2.11. The van der Waals surface area contributed by atoms with Crippen molar-refractivity contribution in [3.05, 3.63) is 30.1 Å². The summed E-state index contributed by atoms with van der Waals surface area (Å²) in [6.45, 7) is 5.07. The number of hydrogen-bond donors (Lipinski definition) is 2. The number of anilines is 1. The lowest BCUT2D eigenvalue weighted by Crippen LogP contribution is -2.22. The topological polar surface area (TPSA) is 87.7 Å². The van der Waals surface area contributed by atoms with Gasteiger partial charge in [0.25, 0.3) is 0 Å². The van der Waals surface area contributed by atoms with E-state index < -0.39 is 15.3 Å². The van der Waals surface area contributed by atoms with E-state index in [1.54, 1.807) is 32.0 Å². The van der Waals surface area contributed by atoms with Crippen molar-refractivity contribution >= 4 is 15.7 Å². The fourth-order valence-electron chi connectivity index (χ4n) is 1.48. The van der Waals surface area contributed by atoms with Crippen molar-refractivity contribution in [1.82, 2.24) is 15.2 Å². The number of sulfonamides is 1. The first-order chi connectivity index (χ1) is 8.88. The Bertz CT molecular complexity index is 677. The van der Waals surface area contributed by atoms with Gasteiger partial charge < -0.3 is 0 Å². The lowest BCUT2D eigenvalue weighted by molar-refractivity contribution is 0.593. The predicted octanol–water partition coefficient (Wildman–Crippen LogP) is 1.93. The highest BCUT2D eigenvalue weighted by atomic mass is 32.2. The van der Waals surface area contributed by atoms with Crippen molar-refractivity contribution in [1.29, 1.82) is 0 Å². The van der Waals surface area contributed by atoms with Crippen LogP contribution >= 0.6 is 0 Å². The number of aryl methyl sites for hydroxylation is 1. The first-order valence-corrected chi connectivity index (χ1v) is 7.44. The summed E-state index contributed by atoms with van der Waals surface area (Å²) < 4.78 is 26.1. The summed E-state index contributed by atoms with van der Waals surface area (Å²) in [5, 5.41) is 6.31. The monoisotopic (exact) mass is 280 g/mol. The van der Waals surface area contributed by atoms with Gasteiger partial charge in [-0.15, -0.1) is 0 Å². The van der Waals surface area contributed by atoms with Gasteiger partial charge in [-0.3, -0.25) is 9.82 Å². The maximum absolute atomic E-state index is 11.8. The molecule has 102 valence electrons. The summed E-state index contributed by atoms with van der Waals surface area (Å²) in [6.07, 6.45) is 0. The Morgan fingerprint density at radius 3 is 2.63 bits per heavy atom. The van der Waals surface area contributed by atoms with E-state index >= 15 is 0 Å². The van der Waals surface area contributed by atoms with Gasteiger partial charge in [0, 0.05) is 11.3 Å². The van der Waals surface area contributed by atoms with Crippen molar-refractivity contribution in [3.8, 4) is 11.4 Å². The molecule has 0 aliphatic rings. The molecule has 0 atom stereocenters. The SMILES string of the molecule is Cc1nc(-c2cccc(NS(=O)(=O)C(C)C)c2)n[nH]1. The Hall–Kier alpha value is -1.89. The third-order valence-electron chi connectivity index (χ3n) is 2.60. The van der Waals surface area contributed by atoms with Gasteiger partial charge >= 0.3 is 0 Å². The van der Waals surface area contributed by atoms with E-state index in [4.69, 9.17) is 0 Å². The third kappa shape index (κ3) is 3.11. The predicted molar refractivity (Wildman–Crippen MR) is 74.2 cm³/mol. The molecule has 2 aromatic rings. The van der Waals surface area contributed by atoms with Crippen LogP contribution in [-0.4, -0.2) is 28.8 Å². The van der Waals surface area contributed by atoms with Crippen LogP contribution in [0.4, 0.5) is 5.69 Å². The quantitative estimate of drug-likeness (QED) is 0.895. The molecule has 1 aromatic carbocycles. The average Bonchev–Trinajstić information content (AvgIpc) is 2.75. The maximum Gasteiger partial charge on any atom is 0.235 e. The summed E-state index contributed by atoms with van der Waals surface area (Å²) in [5.41, 5.74) is 1.27. The largest absolute Gasteiger partial charge is 0.283 e. The average molecular weight is 280 g/mol. The van der Waals surface area contributed by atoms with Crippen LogP contribution in [-0.2, 0) is 10.0 Å². The van der Waals surface area contributed by atoms with Gasteiger partial charge in [-0.1, -0.05) is 12.1 Å². The molecule has 1 aromatic heterocycles. The molecular weight excluding hydrogens is 264 g/mol. The summed E-state index contributed by atoms with van der Waals surface area (Å²) in [5.74, 6) is 1.26. The van der Waals surface area contributed by atoms with Crippen LogP contribution in [0.15, 0.2) is 24.3 Å². The number of benzene rings is 1. The fourth-order valence-corrected chi connectivity index (χ4v) is 2.17. The second-order valence-corrected chi connectivity index (χ2v) is 6.76. The molecule has 0 saturated heterocycles. The number of H-pyrrole nitrogens is 1. The van der Waals surface area contributed by atoms with Gasteiger partial charge in [-0.25, -0.2) is 13.4 Å². The highest BCUT2D eigenvalue weighted by molar-refractivity contribution is 7.93. The van der Waals surface area contributed by atoms with E-state index in [0.717, 1.165) is 5.56 Å². The van der Waals surface area contributed by atoms with E-state index in [2.05, 4.69) is 19.9 Å². The van der Waals surface area contributed by atoms with Gasteiger partial charge in [0.1, 0.15) is 5.82 Å². The van der Waals surface area contributed by atoms with Crippen LogP contribution in [0.3, 0.4) is 0 Å². The van der Waals surface area contributed by atoms with Gasteiger partial charge in [0.05, 0.1) is 5.25 Å². The molecule has 0 bridgehead atoms. The first-order valence-electron chi connectivity index (χ1n) is 5.89. The second-order valence-electron chi connectivity index (χ2n) is 4.52. The van der Waals surface area contributed by atoms with Crippen LogP contribution in [0.5, 0.6) is 0 Å². The second kappa shape index (κ2) is 5.00. The molecule has 0 aliphatic carbocycles. The molecule has 19 heavy (non-hydrogen) atoms. The molecule has 0 aliphatic heterocycles. The smallest absolute Gasteiger partial charge is 0.235 e. The minimum absolute atomic E-state index is 0.484. The molecular formula is C12H16N4O2S. The molecule has 6 nitrogen and oxygen atoms in total. The fraction of sp³-hybridized carbons (Fsp3) is 0.333. The van der Waals surface area contributed by atoms with Crippen LogP contribution < -0.4 is 4.72 Å². The summed E-state index contributed by atoms with van der Waals surface area (Å²) in [7, 11) is -3.34. The zero-order chi connectivity index (χ0) is 14.0. The molecule has 0 fully saturated rings. The summed E-state index contributed by atoms with van der Waals surface area (Å²) in [6, 6.07) is 7.00. The van der Waals surface area contributed by atoms with E-state index in [1.165, 1.54) is 0 Å². The van der Waals surface area contributed by atoms with E-state index in [-0.39, 0.29) is 0 Å². The Morgan fingerprint density at radius 2 is 2.05 bits per heavy atom. The van der Waals surface area contributed by atoms with Crippen molar-refractivity contribution in [2.75, 3.05) is 4.72 Å². The Labute approximate surface area is 112 Å². The molecule has 0 unspecified atom stereocenters. The Balaban J connectivity index is 2.30.